The van der Waals surface area contributed by atoms with Crippen molar-refractivity contribution in [1.82, 2.24) is 9.88 Å². The summed E-state index contributed by atoms with van der Waals surface area (Å²) >= 11 is 12.2. The molecule has 1 aromatic carbocycles. The van der Waals surface area contributed by atoms with Crippen molar-refractivity contribution in [2.24, 2.45) is 10.9 Å². The number of halogens is 2. The third-order valence-electron chi connectivity index (χ3n) is 5.86. The van der Waals surface area contributed by atoms with E-state index in [1.165, 1.54) is 19.4 Å². The van der Waals surface area contributed by atoms with Crippen LogP contribution in [0, 0.1) is 5.92 Å². The molecule has 1 spiro atoms. The second kappa shape index (κ2) is 5.47. The topological polar surface area (TPSA) is 49.8 Å². The quantitative estimate of drug-likeness (QED) is 0.639. The fourth-order valence-corrected chi connectivity index (χ4v) is 4.69. The third kappa shape index (κ3) is 2.40. The molecule has 130 valence electrons. The highest BCUT2D eigenvalue weighted by Gasteiger charge is 2.71. The van der Waals surface area contributed by atoms with Gasteiger partial charge >= 0.3 is 0 Å². The van der Waals surface area contributed by atoms with Crippen molar-refractivity contribution < 1.29 is 4.74 Å². The molecule has 5 rings (SSSR count). The van der Waals surface area contributed by atoms with Crippen molar-refractivity contribution in [1.29, 1.82) is 0 Å². The second-order valence-electron chi connectivity index (χ2n) is 7.10. The minimum absolute atomic E-state index is 0.224. The summed E-state index contributed by atoms with van der Waals surface area (Å²) in [7, 11) is 1.73. The lowest BCUT2D eigenvalue weighted by atomic mass is 10.0. The first-order valence-electron chi connectivity index (χ1n) is 8.49. The number of nitrogens with zero attached hydrogens (tertiary/aromatic N) is 3. The lowest BCUT2D eigenvalue weighted by Crippen LogP contribution is -2.48. The molecule has 2 aliphatic heterocycles. The van der Waals surface area contributed by atoms with E-state index in [2.05, 4.69) is 20.2 Å². The van der Waals surface area contributed by atoms with E-state index < -0.39 is 0 Å². The first kappa shape index (κ1) is 15.7. The summed E-state index contributed by atoms with van der Waals surface area (Å²) in [4.78, 5) is 11.2. The smallest absolute Gasteiger partial charge is 0.290 e. The number of amidine groups is 1. The van der Waals surface area contributed by atoms with Gasteiger partial charge in [-0.15, -0.1) is 0 Å². The SMILES string of the molecule is CN=C(Nc1cc2cc(Cl)c(Cl)cc2cn1)O[C@H]1CN2CCC23CC13. The van der Waals surface area contributed by atoms with Crippen molar-refractivity contribution in [2.45, 2.75) is 24.5 Å². The Hall–Kier alpha value is -1.56. The molecule has 3 heterocycles. The van der Waals surface area contributed by atoms with Gasteiger partial charge < -0.3 is 4.74 Å². The lowest BCUT2D eigenvalue weighted by molar-refractivity contribution is 0.0814. The van der Waals surface area contributed by atoms with Gasteiger partial charge in [-0.1, -0.05) is 23.2 Å². The molecule has 2 aromatic rings. The van der Waals surface area contributed by atoms with Crippen LogP contribution in [0.5, 0.6) is 0 Å². The number of ether oxygens (including phenoxy) is 1. The van der Waals surface area contributed by atoms with Crippen LogP contribution in [0.3, 0.4) is 0 Å². The number of piperidine rings is 1. The van der Waals surface area contributed by atoms with E-state index in [1.807, 2.05) is 18.2 Å². The molecule has 3 aliphatic rings. The molecule has 0 bridgehead atoms. The number of hydrogen-bond acceptors (Lipinski definition) is 4. The Bertz CT molecular complexity index is 902. The number of rotatable bonds is 2. The van der Waals surface area contributed by atoms with Crippen LogP contribution in [0.2, 0.25) is 10.0 Å². The van der Waals surface area contributed by atoms with Crippen LogP contribution in [0.1, 0.15) is 12.8 Å². The summed E-state index contributed by atoms with van der Waals surface area (Å²) in [5.41, 5.74) is 0.473. The lowest BCUT2D eigenvalue weighted by Gasteiger charge is -2.38. The monoisotopic (exact) mass is 376 g/mol. The summed E-state index contributed by atoms with van der Waals surface area (Å²) in [5, 5.41) is 6.15. The second-order valence-corrected chi connectivity index (χ2v) is 7.92. The van der Waals surface area contributed by atoms with Gasteiger partial charge in [-0.2, -0.15) is 0 Å². The Kier molecular flexibility index (Phi) is 3.43. The van der Waals surface area contributed by atoms with E-state index >= 15 is 0 Å². The highest BCUT2D eigenvalue weighted by molar-refractivity contribution is 6.42. The molecule has 1 aliphatic carbocycles. The van der Waals surface area contributed by atoms with E-state index in [4.69, 9.17) is 27.9 Å². The number of aromatic nitrogens is 1. The van der Waals surface area contributed by atoms with Crippen LogP contribution >= 0.6 is 23.2 Å². The molecule has 3 atom stereocenters. The highest BCUT2D eigenvalue weighted by atomic mass is 35.5. The van der Waals surface area contributed by atoms with Crippen molar-refractivity contribution in [3.05, 3.63) is 34.4 Å². The van der Waals surface area contributed by atoms with Gasteiger partial charge in [0.25, 0.3) is 6.02 Å². The molecule has 0 amide bonds. The Labute approximate surface area is 156 Å². The molecule has 2 unspecified atom stereocenters. The zero-order valence-corrected chi connectivity index (χ0v) is 15.3. The predicted molar refractivity (Wildman–Crippen MR) is 101 cm³/mol. The van der Waals surface area contributed by atoms with E-state index in [0.717, 1.165) is 17.3 Å². The average Bonchev–Trinajstić information content (AvgIpc) is 3.32. The van der Waals surface area contributed by atoms with Crippen molar-refractivity contribution in [3.8, 4) is 0 Å². The van der Waals surface area contributed by atoms with Crippen molar-refractivity contribution >= 4 is 45.8 Å². The van der Waals surface area contributed by atoms with E-state index in [0.29, 0.717) is 33.3 Å². The summed E-state index contributed by atoms with van der Waals surface area (Å²) in [6.45, 7) is 2.21. The Morgan fingerprint density at radius 2 is 2.12 bits per heavy atom. The van der Waals surface area contributed by atoms with Gasteiger partial charge in [0.1, 0.15) is 11.9 Å². The standard InChI is InChI=1S/C18H18Cl2N4O/c1-21-17(25-15-9-24-3-2-18(24)7-12(15)18)23-16-6-10-4-13(19)14(20)5-11(10)8-22-16/h4-6,8,12,15H,2-3,7,9H2,1H3,(H,21,22,23)/t12?,15-,18?/m0/s1. The minimum Gasteiger partial charge on any atom is -0.460 e. The molecule has 0 radical (unpaired) electrons. The van der Waals surface area contributed by atoms with Crippen LogP contribution in [-0.2, 0) is 4.74 Å². The van der Waals surface area contributed by atoms with Gasteiger partial charge in [-0.25, -0.2) is 9.98 Å². The first-order chi connectivity index (χ1) is 12.1. The van der Waals surface area contributed by atoms with Crippen LogP contribution in [0.4, 0.5) is 5.82 Å². The van der Waals surface area contributed by atoms with Gasteiger partial charge in [0.05, 0.1) is 10.0 Å². The van der Waals surface area contributed by atoms with Gasteiger partial charge in [0.15, 0.2) is 0 Å². The maximum Gasteiger partial charge on any atom is 0.290 e. The number of nitrogens with one attached hydrogen (secondary N) is 1. The van der Waals surface area contributed by atoms with Crippen LogP contribution in [-0.4, -0.2) is 47.7 Å². The van der Waals surface area contributed by atoms with Crippen LogP contribution < -0.4 is 5.32 Å². The molecule has 2 saturated heterocycles. The van der Waals surface area contributed by atoms with Crippen molar-refractivity contribution in [2.75, 3.05) is 25.5 Å². The largest absolute Gasteiger partial charge is 0.460 e. The number of fused-ring (bicyclic) bond motifs is 1. The Morgan fingerprint density at radius 1 is 1.32 bits per heavy atom. The number of hydrogen-bond donors (Lipinski definition) is 1. The van der Waals surface area contributed by atoms with Crippen LogP contribution in [0.25, 0.3) is 10.8 Å². The fourth-order valence-electron chi connectivity index (χ4n) is 4.34. The zero-order valence-electron chi connectivity index (χ0n) is 13.8. The molecule has 7 heteroatoms. The van der Waals surface area contributed by atoms with Gasteiger partial charge in [-0.05, 0) is 36.4 Å². The van der Waals surface area contributed by atoms with Gasteiger partial charge in [-0.3, -0.25) is 10.2 Å². The van der Waals surface area contributed by atoms with E-state index in [9.17, 15) is 0 Å². The van der Waals surface area contributed by atoms with Gasteiger partial charge in [0.2, 0.25) is 0 Å². The molecule has 3 fully saturated rings. The third-order valence-corrected chi connectivity index (χ3v) is 6.58. The summed E-state index contributed by atoms with van der Waals surface area (Å²) < 4.78 is 6.16. The molecule has 1 saturated carbocycles. The predicted octanol–water partition coefficient (Wildman–Crippen LogP) is 3.80. The Balaban J connectivity index is 1.33. The number of pyridine rings is 1. The molecule has 1 aromatic heterocycles. The zero-order chi connectivity index (χ0) is 17.2. The van der Waals surface area contributed by atoms with Crippen molar-refractivity contribution in [3.63, 3.8) is 0 Å². The first-order valence-corrected chi connectivity index (χ1v) is 9.25. The van der Waals surface area contributed by atoms with Crippen LogP contribution in [0.15, 0.2) is 29.4 Å². The maximum absolute atomic E-state index is 6.16. The summed E-state index contributed by atoms with van der Waals surface area (Å²) in [6, 6.07) is 6.09. The Morgan fingerprint density at radius 3 is 2.72 bits per heavy atom. The minimum atomic E-state index is 0.224. The number of aliphatic imine (C=N–C) groups is 1. The molecule has 5 nitrogen and oxygen atoms in total. The number of benzene rings is 1. The average molecular weight is 377 g/mol. The molecular formula is C18H18Cl2N4O. The maximum atomic E-state index is 6.16. The van der Waals surface area contributed by atoms with Gasteiger partial charge in [0, 0.05) is 43.2 Å². The van der Waals surface area contributed by atoms with E-state index in [-0.39, 0.29) is 6.10 Å². The molecule has 1 N–H and O–H groups in total. The van der Waals surface area contributed by atoms with E-state index in [1.54, 1.807) is 13.2 Å². The summed E-state index contributed by atoms with van der Waals surface area (Å²) in [6.07, 6.45) is 4.58. The highest BCUT2D eigenvalue weighted by Crippen LogP contribution is 2.63. The fraction of sp³-hybridized carbons (Fsp3) is 0.444. The molecular weight excluding hydrogens is 359 g/mol. The normalized spacial score (nSPS) is 30.6. The molecule has 25 heavy (non-hydrogen) atoms. The number of anilines is 1. The summed E-state index contributed by atoms with van der Waals surface area (Å²) in [5.74, 6) is 1.34.